The Hall–Kier alpha value is -1.22. The Balaban J connectivity index is 2.48. The maximum atomic E-state index is 14.4. The number of aliphatic hydroxyl groups is 2. The van der Waals surface area contributed by atoms with Gasteiger partial charge in [-0.1, -0.05) is 6.92 Å². The summed E-state index contributed by atoms with van der Waals surface area (Å²) in [5, 5.41) is 18.5. The molecule has 118 valence electrons. The van der Waals surface area contributed by atoms with Crippen LogP contribution in [0.15, 0.2) is 15.8 Å². The van der Waals surface area contributed by atoms with Crippen LogP contribution in [0.4, 0.5) is 4.39 Å². The lowest BCUT2D eigenvalue weighted by atomic mass is 9.90. The monoisotopic (exact) mass is 322 g/mol. The van der Waals surface area contributed by atoms with E-state index in [0.29, 0.717) is 0 Å². The zero-order chi connectivity index (χ0) is 15.8. The topological polar surface area (TPSA) is 105 Å². The Kier molecular flexibility index (Phi) is 4.52. The summed E-state index contributed by atoms with van der Waals surface area (Å²) in [6.45, 7) is 0.419. The van der Waals surface area contributed by atoms with Gasteiger partial charge < -0.3 is 14.9 Å². The number of hydrogen-bond acceptors (Lipinski definition) is 5. The Morgan fingerprint density at radius 2 is 2.19 bits per heavy atom. The van der Waals surface area contributed by atoms with Crippen LogP contribution in [0.5, 0.6) is 0 Å². The number of hydrogen-bond donors (Lipinski definition) is 3. The van der Waals surface area contributed by atoms with Gasteiger partial charge in [0.05, 0.1) is 24.7 Å². The van der Waals surface area contributed by atoms with Gasteiger partial charge in [0, 0.05) is 12.1 Å². The summed E-state index contributed by atoms with van der Waals surface area (Å²) in [7, 11) is 0. The second kappa shape index (κ2) is 5.88. The SMILES string of the molecule is C[C@H]1[C@@H](F)[C@H](n2cc(CO)c(=O)[nH]c2=O)O[C@@]1(CO)CCl. The summed E-state index contributed by atoms with van der Waals surface area (Å²) >= 11 is 5.76. The van der Waals surface area contributed by atoms with Crippen molar-refractivity contribution in [1.82, 2.24) is 9.55 Å². The van der Waals surface area contributed by atoms with Crippen LogP contribution in [0.3, 0.4) is 0 Å². The van der Waals surface area contributed by atoms with E-state index in [-0.39, 0.29) is 11.4 Å². The number of nitrogens with one attached hydrogen (secondary N) is 1. The molecular weight excluding hydrogens is 307 g/mol. The minimum absolute atomic E-state index is 0.0922. The molecule has 1 saturated heterocycles. The number of nitrogens with zero attached hydrogens (tertiary/aromatic N) is 1. The summed E-state index contributed by atoms with van der Waals surface area (Å²) in [4.78, 5) is 25.2. The quantitative estimate of drug-likeness (QED) is 0.648. The molecule has 2 heterocycles. The van der Waals surface area contributed by atoms with Crippen molar-refractivity contribution in [2.24, 2.45) is 5.92 Å². The predicted octanol–water partition coefficient (Wildman–Crippen LogP) is -0.498. The highest BCUT2D eigenvalue weighted by molar-refractivity contribution is 6.18. The molecule has 0 amide bonds. The Morgan fingerprint density at radius 1 is 1.52 bits per heavy atom. The first-order valence-electron chi connectivity index (χ1n) is 6.34. The van der Waals surface area contributed by atoms with E-state index < -0.39 is 48.4 Å². The Labute approximate surface area is 123 Å². The van der Waals surface area contributed by atoms with E-state index >= 15 is 0 Å². The molecule has 1 aromatic heterocycles. The molecule has 3 N–H and O–H groups in total. The number of aromatic amines is 1. The minimum atomic E-state index is -1.61. The summed E-state index contributed by atoms with van der Waals surface area (Å²) < 4.78 is 20.8. The number of rotatable bonds is 4. The number of H-pyrrole nitrogens is 1. The van der Waals surface area contributed by atoms with Gasteiger partial charge >= 0.3 is 5.69 Å². The summed E-state index contributed by atoms with van der Waals surface area (Å²) in [6, 6.07) is 0. The molecule has 0 spiro atoms. The number of alkyl halides is 2. The highest BCUT2D eigenvalue weighted by Crippen LogP contribution is 2.43. The van der Waals surface area contributed by atoms with E-state index in [4.69, 9.17) is 21.4 Å². The average Bonchev–Trinajstić information content (AvgIpc) is 2.73. The van der Waals surface area contributed by atoms with Crippen LogP contribution in [0.2, 0.25) is 0 Å². The van der Waals surface area contributed by atoms with Gasteiger partial charge in [-0.3, -0.25) is 14.3 Å². The fourth-order valence-electron chi connectivity index (χ4n) is 2.37. The van der Waals surface area contributed by atoms with Crippen molar-refractivity contribution in [3.8, 4) is 0 Å². The van der Waals surface area contributed by atoms with Crippen molar-refractivity contribution < 1.29 is 19.3 Å². The lowest BCUT2D eigenvalue weighted by Gasteiger charge is -2.28. The third-order valence-electron chi connectivity index (χ3n) is 3.92. The second-order valence-electron chi connectivity index (χ2n) is 5.08. The van der Waals surface area contributed by atoms with Crippen LogP contribution in [-0.2, 0) is 11.3 Å². The molecule has 0 radical (unpaired) electrons. The maximum absolute atomic E-state index is 14.4. The van der Waals surface area contributed by atoms with Crippen LogP contribution in [0, 0.1) is 5.92 Å². The van der Waals surface area contributed by atoms with Gasteiger partial charge in [-0.25, -0.2) is 9.18 Å². The number of halogens is 2. The highest BCUT2D eigenvalue weighted by Gasteiger charge is 2.53. The highest BCUT2D eigenvalue weighted by atomic mass is 35.5. The van der Waals surface area contributed by atoms with Gasteiger partial charge in [-0.2, -0.15) is 0 Å². The molecule has 0 aromatic carbocycles. The van der Waals surface area contributed by atoms with Crippen molar-refractivity contribution in [3.05, 3.63) is 32.6 Å². The summed E-state index contributed by atoms with van der Waals surface area (Å²) in [5.74, 6) is -0.895. The second-order valence-corrected chi connectivity index (χ2v) is 5.34. The molecule has 0 aliphatic carbocycles. The predicted molar refractivity (Wildman–Crippen MR) is 72.0 cm³/mol. The fraction of sp³-hybridized carbons (Fsp3) is 0.667. The van der Waals surface area contributed by atoms with Gasteiger partial charge in [0.1, 0.15) is 5.60 Å². The van der Waals surface area contributed by atoms with E-state index in [1.54, 1.807) is 0 Å². The number of aliphatic hydroxyl groups excluding tert-OH is 2. The van der Waals surface area contributed by atoms with E-state index in [2.05, 4.69) is 0 Å². The van der Waals surface area contributed by atoms with Crippen LogP contribution in [0.1, 0.15) is 18.7 Å². The van der Waals surface area contributed by atoms with Gasteiger partial charge in [0.15, 0.2) is 12.4 Å². The molecule has 1 aromatic rings. The average molecular weight is 323 g/mol. The lowest BCUT2D eigenvalue weighted by Crippen LogP contribution is -2.42. The molecule has 1 aliphatic rings. The molecular formula is C12H16ClFN2O5. The van der Waals surface area contributed by atoms with Gasteiger partial charge in [0.25, 0.3) is 5.56 Å². The molecule has 21 heavy (non-hydrogen) atoms. The lowest BCUT2D eigenvalue weighted by molar-refractivity contribution is -0.101. The van der Waals surface area contributed by atoms with Crippen molar-refractivity contribution in [2.75, 3.05) is 12.5 Å². The zero-order valence-electron chi connectivity index (χ0n) is 11.3. The van der Waals surface area contributed by atoms with Crippen LogP contribution in [0.25, 0.3) is 0 Å². The van der Waals surface area contributed by atoms with Gasteiger partial charge in [-0.15, -0.1) is 11.6 Å². The largest absolute Gasteiger partial charge is 0.393 e. The molecule has 1 aliphatic heterocycles. The first-order chi connectivity index (χ1) is 9.90. The van der Waals surface area contributed by atoms with E-state index in [9.17, 15) is 19.1 Å². The van der Waals surface area contributed by atoms with E-state index in [0.717, 1.165) is 10.8 Å². The molecule has 1 fully saturated rings. The minimum Gasteiger partial charge on any atom is -0.393 e. The van der Waals surface area contributed by atoms with Crippen molar-refractivity contribution in [2.45, 2.75) is 31.5 Å². The molecule has 0 saturated carbocycles. The number of ether oxygens (including phenoxy) is 1. The van der Waals surface area contributed by atoms with Crippen molar-refractivity contribution >= 4 is 11.6 Å². The van der Waals surface area contributed by atoms with Gasteiger partial charge in [0.2, 0.25) is 0 Å². The third kappa shape index (κ3) is 2.52. The molecule has 7 nitrogen and oxygen atoms in total. The first kappa shape index (κ1) is 16.2. The molecule has 2 rings (SSSR count). The van der Waals surface area contributed by atoms with Gasteiger partial charge in [-0.05, 0) is 0 Å². The fourth-order valence-corrected chi connectivity index (χ4v) is 2.76. The summed E-state index contributed by atoms with van der Waals surface area (Å²) in [5.41, 5.74) is -3.00. The third-order valence-corrected chi connectivity index (χ3v) is 4.37. The normalized spacial score (nSPS) is 32.5. The van der Waals surface area contributed by atoms with E-state index in [1.807, 2.05) is 4.98 Å². The standard InChI is InChI=1S/C12H16ClFN2O5/c1-6-8(14)10(21-12(6,4-13)5-18)16-2-7(3-17)9(19)15-11(16)20/h2,6,8,10,17-18H,3-5H2,1H3,(H,15,19,20)/t6-,8+,10+,12+/m0/s1. The number of aromatic nitrogens is 2. The molecule has 4 atom stereocenters. The van der Waals surface area contributed by atoms with Crippen LogP contribution < -0.4 is 11.2 Å². The van der Waals surface area contributed by atoms with Crippen molar-refractivity contribution in [1.29, 1.82) is 0 Å². The Bertz CT molecular complexity index is 627. The molecule has 9 heteroatoms. The van der Waals surface area contributed by atoms with Crippen LogP contribution >= 0.6 is 11.6 Å². The first-order valence-corrected chi connectivity index (χ1v) is 6.87. The van der Waals surface area contributed by atoms with Crippen LogP contribution in [-0.4, -0.2) is 44.0 Å². The smallest absolute Gasteiger partial charge is 0.330 e. The van der Waals surface area contributed by atoms with Crippen molar-refractivity contribution in [3.63, 3.8) is 0 Å². The molecule has 0 bridgehead atoms. The maximum Gasteiger partial charge on any atom is 0.330 e. The zero-order valence-corrected chi connectivity index (χ0v) is 12.0. The Morgan fingerprint density at radius 3 is 2.67 bits per heavy atom. The van der Waals surface area contributed by atoms with E-state index in [1.165, 1.54) is 6.92 Å². The molecule has 0 unspecified atom stereocenters. The summed E-state index contributed by atoms with van der Waals surface area (Å²) in [6.07, 6.45) is -1.89.